The summed E-state index contributed by atoms with van der Waals surface area (Å²) < 4.78 is 58.8. The number of benzene rings is 1. The van der Waals surface area contributed by atoms with Crippen molar-refractivity contribution in [2.75, 3.05) is 26.3 Å². The fourth-order valence-corrected chi connectivity index (χ4v) is 5.49. The van der Waals surface area contributed by atoms with Crippen LogP contribution in [0.2, 0.25) is 0 Å². The van der Waals surface area contributed by atoms with Gasteiger partial charge in [0.1, 0.15) is 0 Å². The normalized spacial score (nSPS) is 16.7. The van der Waals surface area contributed by atoms with E-state index < -0.39 is 20.0 Å². The average molecular weight is 418 g/mol. The molecule has 0 unspecified atom stereocenters. The van der Waals surface area contributed by atoms with Crippen LogP contribution in [0.4, 0.5) is 0 Å². The topological polar surface area (TPSA) is 106 Å². The van der Waals surface area contributed by atoms with Crippen molar-refractivity contribution in [2.24, 2.45) is 0 Å². The first kappa shape index (κ1) is 19.4. The Morgan fingerprint density at radius 2 is 1.73 bits per heavy atom. The van der Waals surface area contributed by atoms with E-state index in [1.165, 1.54) is 39.9 Å². The van der Waals surface area contributed by atoms with Gasteiger partial charge in [0.2, 0.25) is 20.0 Å². The Hall–Kier alpha value is -1.37. The van der Waals surface area contributed by atoms with Crippen LogP contribution in [0, 0.1) is 6.92 Å². The third kappa shape index (κ3) is 4.30. The van der Waals surface area contributed by atoms with Crippen molar-refractivity contribution in [2.45, 2.75) is 23.3 Å². The maximum Gasteiger partial charge on any atom is 0.243 e. The van der Waals surface area contributed by atoms with Gasteiger partial charge in [-0.2, -0.15) is 4.31 Å². The number of ether oxygens (including phenoxy) is 1. The molecule has 0 saturated carbocycles. The van der Waals surface area contributed by atoms with Crippen LogP contribution in [0.3, 0.4) is 0 Å². The molecule has 1 aliphatic heterocycles. The minimum absolute atomic E-state index is 0.00498. The van der Waals surface area contributed by atoms with E-state index in [4.69, 9.17) is 4.74 Å². The lowest BCUT2D eigenvalue weighted by Gasteiger charge is -2.26. The zero-order chi connectivity index (χ0) is 18.8. The number of sulfonamides is 2. The number of aromatic nitrogens is 1. The highest BCUT2D eigenvalue weighted by Gasteiger charge is 2.26. The largest absolute Gasteiger partial charge is 0.379 e. The molecule has 0 atom stereocenters. The molecule has 11 heteroatoms. The number of hydrogen-bond donors (Lipinski definition) is 1. The van der Waals surface area contributed by atoms with Gasteiger partial charge < -0.3 is 4.74 Å². The molecule has 0 aliphatic carbocycles. The lowest BCUT2D eigenvalue weighted by molar-refractivity contribution is 0.0730. The molecule has 1 aliphatic rings. The van der Waals surface area contributed by atoms with E-state index in [1.807, 2.05) is 6.92 Å². The Bertz CT molecular complexity index is 962. The molecule has 2 heterocycles. The SMILES string of the molecule is Cc1nc(CNS(=O)(=O)c2ccc(S(=O)(=O)N3CCOCC3)cc2)cs1. The second-order valence-corrected chi connectivity index (χ2v) is 10.4. The molecule has 1 aromatic heterocycles. The molecule has 0 amide bonds. The molecule has 0 spiro atoms. The summed E-state index contributed by atoms with van der Waals surface area (Å²) in [6.07, 6.45) is 0. The van der Waals surface area contributed by atoms with E-state index in [0.717, 1.165) is 5.01 Å². The van der Waals surface area contributed by atoms with Gasteiger partial charge in [0.15, 0.2) is 0 Å². The molecule has 26 heavy (non-hydrogen) atoms. The molecule has 0 bridgehead atoms. The third-order valence-electron chi connectivity index (χ3n) is 3.85. The number of thiazole rings is 1. The molecule has 1 N–H and O–H groups in total. The van der Waals surface area contributed by atoms with Gasteiger partial charge in [-0.1, -0.05) is 0 Å². The van der Waals surface area contributed by atoms with Crippen molar-refractivity contribution in [1.82, 2.24) is 14.0 Å². The number of rotatable bonds is 6. The van der Waals surface area contributed by atoms with Gasteiger partial charge in [0.25, 0.3) is 0 Å². The molecule has 8 nitrogen and oxygen atoms in total. The first-order chi connectivity index (χ1) is 12.3. The molecule has 3 rings (SSSR count). The number of nitrogens with zero attached hydrogens (tertiary/aromatic N) is 2. The molecule has 1 saturated heterocycles. The summed E-state index contributed by atoms with van der Waals surface area (Å²) in [7, 11) is -7.40. The maximum absolute atomic E-state index is 12.6. The second-order valence-electron chi connectivity index (χ2n) is 5.67. The number of hydrogen-bond acceptors (Lipinski definition) is 7. The fraction of sp³-hybridized carbons (Fsp3) is 0.400. The summed E-state index contributed by atoms with van der Waals surface area (Å²) >= 11 is 1.44. The van der Waals surface area contributed by atoms with Gasteiger partial charge >= 0.3 is 0 Å². The molecule has 1 aromatic carbocycles. The molecule has 1 fully saturated rings. The van der Waals surface area contributed by atoms with Crippen LogP contribution in [0.25, 0.3) is 0 Å². The minimum Gasteiger partial charge on any atom is -0.379 e. The summed E-state index contributed by atoms with van der Waals surface area (Å²) in [5.74, 6) is 0. The first-order valence-corrected chi connectivity index (χ1v) is 11.7. The Morgan fingerprint density at radius 1 is 1.12 bits per heavy atom. The van der Waals surface area contributed by atoms with E-state index in [2.05, 4.69) is 9.71 Å². The van der Waals surface area contributed by atoms with Crippen molar-refractivity contribution in [3.8, 4) is 0 Å². The number of morpholine rings is 1. The average Bonchev–Trinajstić information content (AvgIpc) is 3.06. The highest BCUT2D eigenvalue weighted by Crippen LogP contribution is 2.19. The number of nitrogens with one attached hydrogen (secondary N) is 1. The zero-order valence-corrected chi connectivity index (χ0v) is 16.5. The maximum atomic E-state index is 12.6. The lowest BCUT2D eigenvalue weighted by Crippen LogP contribution is -2.40. The molecule has 142 valence electrons. The Balaban J connectivity index is 1.73. The number of aryl methyl sites for hydroxylation is 1. The van der Waals surface area contributed by atoms with Crippen molar-refractivity contribution < 1.29 is 21.6 Å². The summed E-state index contributed by atoms with van der Waals surface area (Å²) in [6, 6.07) is 5.21. The minimum atomic E-state index is -3.75. The quantitative estimate of drug-likeness (QED) is 0.750. The molecule has 0 radical (unpaired) electrons. The van der Waals surface area contributed by atoms with Crippen LogP contribution in [0.1, 0.15) is 10.7 Å². The Kier molecular flexibility index (Phi) is 5.75. The zero-order valence-electron chi connectivity index (χ0n) is 14.1. The summed E-state index contributed by atoms with van der Waals surface area (Å²) in [5, 5.41) is 2.65. The van der Waals surface area contributed by atoms with Gasteiger partial charge in [0.05, 0.1) is 40.3 Å². The summed E-state index contributed by atoms with van der Waals surface area (Å²) in [5.41, 5.74) is 0.641. The van der Waals surface area contributed by atoms with E-state index in [0.29, 0.717) is 18.9 Å². The fourth-order valence-electron chi connectivity index (χ4n) is 2.47. The van der Waals surface area contributed by atoms with Crippen LogP contribution in [-0.2, 0) is 31.3 Å². The summed E-state index contributed by atoms with van der Waals surface area (Å²) in [4.78, 5) is 4.27. The van der Waals surface area contributed by atoms with Gasteiger partial charge in [-0.15, -0.1) is 11.3 Å². The van der Waals surface area contributed by atoms with Gasteiger partial charge in [0, 0.05) is 18.5 Å². The Labute approximate surface area is 156 Å². The van der Waals surface area contributed by atoms with E-state index >= 15 is 0 Å². The van der Waals surface area contributed by atoms with E-state index in [-0.39, 0.29) is 29.4 Å². The highest BCUT2D eigenvalue weighted by molar-refractivity contribution is 7.89. The van der Waals surface area contributed by atoms with Crippen molar-refractivity contribution in [3.05, 3.63) is 40.3 Å². The van der Waals surface area contributed by atoms with Crippen LogP contribution in [-0.4, -0.2) is 52.4 Å². The van der Waals surface area contributed by atoms with Crippen LogP contribution < -0.4 is 4.72 Å². The standard InChI is InChI=1S/C15H19N3O5S3/c1-12-17-13(11-24-12)10-16-25(19,20)14-2-4-15(5-3-14)26(21,22)18-6-8-23-9-7-18/h2-5,11,16H,6-10H2,1H3. The van der Waals surface area contributed by atoms with Crippen molar-refractivity contribution in [1.29, 1.82) is 0 Å². The molecular formula is C15H19N3O5S3. The van der Waals surface area contributed by atoms with Crippen LogP contribution in [0.15, 0.2) is 39.4 Å². The predicted molar refractivity (Wildman–Crippen MR) is 96.9 cm³/mol. The first-order valence-electron chi connectivity index (χ1n) is 7.88. The molecular weight excluding hydrogens is 398 g/mol. The van der Waals surface area contributed by atoms with Crippen molar-refractivity contribution in [3.63, 3.8) is 0 Å². The summed E-state index contributed by atoms with van der Waals surface area (Å²) in [6.45, 7) is 3.21. The third-order valence-corrected chi connectivity index (χ3v) is 8.00. The predicted octanol–water partition coefficient (Wildman–Crippen LogP) is 0.951. The van der Waals surface area contributed by atoms with Gasteiger partial charge in [-0.3, -0.25) is 0 Å². The van der Waals surface area contributed by atoms with E-state index in [9.17, 15) is 16.8 Å². The highest BCUT2D eigenvalue weighted by atomic mass is 32.2. The van der Waals surface area contributed by atoms with Crippen LogP contribution in [0.5, 0.6) is 0 Å². The van der Waals surface area contributed by atoms with E-state index in [1.54, 1.807) is 5.38 Å². The lowest BCUT2D eigenvalue weighted by atomic mass is 10.4. The monoisotopic (exact) mass is 417 g/mol. The smallest absolute Gasteiger partial charge is 0.243 e. The van der Waals surface area contributed by atoms with Crippen LogP contribution >= 0.6 is 11.3 Å². The molecule has 2 aromatic rings. The van der Waals surface area contributed by atoms with Gasteiger partial charge in [-0.25, -0.2) is 26.5 Å². The van der Waals surface area contributed by atoms with Crippen molar-refractivity contribution >= 4 is 31.4 Å². The second kappa shape index (κ2) is 7.71. The Morgan fingerprint density at radius 3 is 2.31 bits per heavy atom. The van der Waals surface area contributed by atoms with Gasteiger partial charge in [-0.05, 0) is 31.2 Å².